The van der Waals surface area contributed by atoms with Gasteiger partial charge in [0, 0.05) is 24.9 Å². The van der Waals surface area contributed by atoms with E-state index in [1.807, 2.05) is 53.4 Å². The van der Waals surface area contributed by atoms with E-state index < -0.39 is 0 Å². The van der Waals surface area contributed by atoms with Crippen LogP contribution in [-0.2, 0) is 17.8 Å². The molecule has 0 bridgehead atoms. The first-order chi connectivity index (χ1) is 14.7. The third-order valence-electron chi connectivity index (χ3n) is 5.07. The molecule has 1 atom stereocenters. The van der Waals surface area contributed by atoms with Crippen LogP contribution in [0.1, 0.15) is 5.56 Å². The number of imidazole rings is 1. The van der Waals surface area contributed by atoms with Crippen molar-refractivity contribution < 1.29 is 19.4 Å². The lowest BCUT2D eigenvalue weighted by Gasteiger charge is -2.27. The summed E-state index contributed by atoms with van der Waals surface area (Å²) in [6.45, 7) is 1.25. The van der Waals surface area contributed by atoms with Gasteiger partial charge in [-0.15, -0.1) is 0 Å². The van der Waals surface area contributed by atoms with Gasteiger partial charge in [0.05, 0.1) is 25.4 Å². The predicted molar refractivity (Wildman–Crippen MR) is 111 cm³/mol. The van der Waals surface area contributed by atoms with Crippen molar-refractivity contribution in [1.82, 2.24) is 19.2 Å². The largest absolute Gasteiger partial charge is 0.493 e. The quantitative estimate of drug-likeness (QED) is 0.524. The molecule has 0 spiro atoms. The standard InChI is InChI=1S/C21H20N4O2.CH2O2/c1-26-19-7-2-4-16-12-15(14-27-20(16)19)13-24-11-10-22-21(24)18-6-3-5-17-8-9-23-25(17)18;2-1-3/h2-11,15H,12-14H2,1H3;1H,(H,2,3). The van der Waals surface area contributed by atoms with E-state index in [-0.39, 0.29) is 6.47 Å². The van der Waals surface area contributed by atoms with Crippen molar-refractivity contribution in [3.05, 3.63) is 66.6 Å². The van der Waals surface area contributed by atoms with Gasteiger partial charge in [0.25, 0.3) is 6.47 Å². The molecule has 0 saturated carbocycles. The Balaban J connectivity index is 0.000000687. The van der Waals surface area contributed by atoms with Crippen LogP contribution in [0, 0.1) is 5.92 Å². The molecule has 1 aliphatic rings. The van der Waals surface area contributed by atoms with Crippen molar-refractivity contribution in [2.45, 2.75) is 13.0 Å². The number of pyridine rings is 1. The summed E-state index contributed by atoms with van der Waals surface area (Å²) in [7, 11) is 1.68. The summed E-state index contributed by atoms with van der Waals surface area (Å²) < 4.78 is 15.6. The average molecular weight is 406 g/mol. The molecule has 0 fully saturated rings. The van der Waals surface area contributed by atoms with Crippen molar-refractivity contribution in [1.29, 1.82) is 0 Å². The predicted octanol–water partition coefficient (Wildman–Crippen LogP) is 3.16. The minimum absolute atomic E-state index is 0.250. The van der Waals surface area contributed by atoms with E-state index in [1.54, 1.807) is 7.11 Å². The Morgan fingerprint density at radius 3 is 2.90 bits per heavy atom. The maximum Gasteiger partial charge on any atom is 0.290 e. The van der Waals surface area contributed by atoms with Crippen molar-refractivity contribution >= 4 is 12.0 Å². The lowest BCUT2D eigenvalue weighted by molar-refractivity contribution is -0.122. The van der Waals surface area contributed by atoms with Crippen molar-refractivity contribution in [2.24, 2.45) is 5.92 Å². The summed E-state index contributed by atoms with van der Waals surface area (Å²) in [5.74, 6) is 2.97. The summed E-state index contributed by atoms with van der Waals surface area (Å²) in [6.07, 6.45) is 6.64. The number of carboxylic acid groups (broad SMARTS) is 1. The third-order valence-corrected chi connectivity index (χ3v) is 5.07. The second-order valence-corrected chi connectivity index (χ2v) is 6.92. The Bertz CT molecular complexity index is 1150. The summed E-state index contributed by atoms with van der Waals surface area (Å²) in [4.78, 5) is 13.0. The highest BCUT2D eigenvalue weighted by atomic mass is 16.5. The van der Waals surface area contributed by atoms with E-state index in [9.17, 15) is 0 Å². The Morgan fingerprint density at radius 2 is 2.07 bits per heavy atom. The first-order valence-electron chi connectivity index (χ1n) is 9.56. The molecule has 8 heteroatoms. The van der Waals surface area contributed by atoms with Crippen LogP contribution in [-0.4, -0.2) is 44.5 Å². The van der Waals surface area contributed by atoms with Crippen LogP contribution in [0.5, 0.6) is 11.5 Å². The molecule has 3 aromatic heterocycles. The van der Waals surface area contributed by atoms with Gasteiger partial charge in [0.15, 0.2) is 17.3 Å². The number of hydrogen-bond donors (Lipinski definition) is 1. The molecule has 1 N–H and O–H groups in total. The number of methoxy groups -OCH3 is 1. The number of nitrogens with zero attached hydrogens (tertiary/aromatic N) is 4. The van der Waals surface area contributed by atoms with Gasteiger partial charge in [-0.25, -0.2) is 9.50 Å². The summed E-state index contributed by atoms with van der Waals surface area (Å²) >= 11 is 0. The van der Waals surface area contributed by atoms with E-state index in [2.05, 4.69) is 26.8 Å². The maximum absolute atomic E-state index is 8.36. The van der Waals surface area contributed by atoms with E-state index in [0.29, 0.717) is 12.5 Å². The summed E-state index contributed by atoms with van der Waals surface area (Å²) in [5.41, 5.74) is 3.24. The number of rotatable bonds is 4. The van der Waals surface area contributed by atoms with Gasteiger partial charge < -0.3 is 19.1 Å². The molecule has 0 saturated heterocycles. The van der Waals surface area contributed by atoms with Gasteiger partial charge in [-0.05, 0) is 36.2 Å². The minimum atomic E-state index is -0.250. The molecular weight excluding hydrogens is 384 g/mol. The third kappa shape index (κ3) is 3.71. The van der Waals surface area contributed by atoms with E-state index in [1.165, 1.54) is 5.56 Å². The van der Waals surface area contributed by atoms with Gasteiger partial charge in [0.1, 0.15) is 5.69 Å². The van der Waals surface area contributed by atoms with Crippen molar-refractivity contribution in [3.8, 4) is 23.0 Å². The minimum Gasteiger partial charge on any atom is -0.493 e. The zero-order valence-electron chi connectivity index (χ0n) is 16.5. The lowest BCUT2D eigenvalue weighted by Crippen LogP contribution is -2.25. The van der Waals surface area contributed by atoms with E-state index in [4.69, 9.17) is 19.4 Å². The van der Waals surface area contributed by atoms with Gasteiger partial charge in [0.2, 0.25) is 0 Å². The van der Waals surface area contributed by atoms with E-state index >= 15 is 0 Å². The van der Waals surface area contributed by atoms with Crippen LogP contribution in [0.15, 0.2) is 61.1 Å². The van der Waals surface area contributed by atoms with Gasteiger partial charge in [-0.2, -0.15) is 5.10 Å². The number of aromatic nitrogens is 4. The first-order valence-corrected chi connectivity index (χ1v) is 9.56. The highest BCUT2D eigenvalue weighted by molar-refractivity contribution is 5.59. The molecule has 154 valence electrons. The topological polar surface area (TPSA) is 90.9 Å². The number of carbonyl (C=O) groups is 1. The van der Waals surface area contributed by atoms with Gasteiger partial charge in [-0.3, -0.25) is 4.79 Å². The van der Waals surface area contributed by atoms with Crippen LogP contribution in [0.3, 0.4) is 0 Å². The molecule has 0 aliphatic carbocycles. The van der Waals surface area contributed by atoms with Gasteiger partial charge >= 0.3 is 0 Å². The monoisotopic (exact) mass is 406 g/mol. The summed E-state index contributed by atoms with van der Waals surface area (Å²) in [6, 6.07) is 14.2. The Kier molecular flexibility index (Phi) is 5.65. The van der Waals surface area contributed by atoms with Crippen LogP contribution < -0.4 is 9.47 Å². The lowest BCUT2D eigenvalue weighted by atomic mass is 9.96. The molecule has 30 heavy (non-hydrogen) atoms. The van der Waals surface area contributed by atoms with Crippen LogP contribution in [0.4, 0.5) is 0 Å². The summed E-state index contributed by atoms with van der Waals surface area (Å²) in [5, 5.41) is 11.3. The second-order valence-electron chi connectivity index (χ2n) is 6.92. The van der Waals surface area contributed by atoms with Gasteiger partial charge in [-0.1, -0.05) is 18.2 Å². The molecular formula is C22H22N4O4. The molecule has 0 amide bonds. The zero-order chi connectivity index (χ0) is 20.9. The average Bonchev–Trinajstić information content (AvgIpc) is 3.43. The highest BCUT2D eigenvalue weighted by Crippen LogP contribution is 2.36. The fourth-order valence-corrected chi connectivity index (χ4v) is 3.82. The first kappa shape index (κ1) is 19.5. The molecule has 5 rings (SSSR count). The Labute approximate surface area is 173 Å². The molecule has 4 heterocycles. The fourth-order valence-electron chi connectivity index (χ4n) is 3.82. The van der Waals surface area contributed by atoms with Crippen LogP contribution in [0.2, 0.25) is 0 Å². The number of hydrogen-bond acceptors (Lipinski definition) is 5. The van der Waals surface area contributed by atoms with E-state index in [0.717, 1.165) is 41.5 Å². The van der Waals surface area contributed by atoms with Crippen molar-refractivity contribution in [2.75, 3.05) is 13.7 Å². The number of fused-ring (bicyclic) bond motifs is 2. The molecule has 0 radical (unpaired) electrons. The number of ether oxygens (including phenoxy) is 2. The SMILES string of the molecule is COc1cccc2c1OCC(Cn1ccnc1-c1cccc3ccnn13)C2.O=CO. The van der Waals surface area contributed by atoms with Crippen molar-refractivity contribution in [3.63, 3.8) is 0 Å². The smallest absolute Gasteiger partial charge is 0.290 e. The maximum atomic E-state index is 8.36. The number of para-hydroxylation sites is 1. The normalized spacial score (nSPS) is 14.9. The second kappa shape index (κ2) is 8.69. The zero-order valence-corrected chi connectivity index (χ0v) is 16.5. The Hall–Kier alpha value is -3.81. The number of benzene rings is 1. The molecule has 1 aromatic carbocycles. The highest BCUT2D eigenvalue weighted by Gasteiger charge is 2.24. The molecule has 1 aliphatic heterocycles. The Morgan fingerprint density at radius 1 is 1.23 bits per heavy atom. The fraction of sp³-hybridized carbons (Fsp3) is 0.227. The molecule has 1 unspecified atom stereocenters. The van der Waals surface area contributed by atoms with Crippen LogP contribution in [0.25, 0.3) is 17.0 Å². The van der Waals surface area contributed by atoms with Crippen LogP contribution >= 0.6 is 0 Å². The molecule has 8 nitrogen and oxygen atoms in total. The molecule has 4 aromatic rings.